The molecule has 174 valence electrons. The Morgan fingerprint density at radius 2 is 1.79 bits per heavy atom. The number of hydrogen-bond donors (Lipinski definition) is 1. The van der Waals surface area contributed by atoms with Crippen LogP contribution in [0.3, 0.4) is 0 Å². The van der Waals surface area contributed by atoms with Crippen molar-refractivity contribution in [2.24, 2.45) is 5.92 Å². The molecule has 3 heterocycles. The Morgan fingerprint density at radius 3 is 2.53 bits per heavy atom. The number of anilines is 1. The van der Waals surface area contributed by atoms with Crippen LogP contribution < -0.4 is 10.2 Å². The minimum Gasteiger partial charge on any atom is -0.472 e. The van der Waals surface area contributed by atoms with E-state index in [9.17, 15) is 19.2 Å². The van der Waals surface area contributed by atoms with Gasteiger partial charge in [0.25, 0.3) is 5.91 Å². The van der Waals surface area contributed by atoms with Gasteiger partial charge < -0.3 is 18.9 Å². The predicted octanol–water partition coefficient (Wildman–Crippen LogP) is 3.65. The smallest absolute Gasteiger partial charge is 0.414 e. The fourth-order valence-corrected chi connectivity index (χ4v) is 4.41. The van der Waals surface area contributed by atoms with Gasteiger partial charge in [-0.1, -0.05) is 0 Å². The molecule has 1 aliphatic carbocycles. The van der Waals surface area contributed by atoms with Gasteiger partial charge in [0.05, 0.1) is 42.7 Å². The van der Waals surface area contributed by atoms with Crippen LogP contribution in [0.4, 0.5) is 10.5 Å². The monoisotopic (exact) mass is 462 g/mol. The van der Waals surface area contributed by atoms with Crippen molar-refractivity contribution in [1.29, 1.82) is 0 Å². The molecule has 9 nitrogen and oxygen atoms in total. The van der Waals surface area contributed by atoms with E-state index in [2.05, 4.69) is 5.32 Å². The van der Waals surface area contributed by atoms with E-state index in [0.717, 1.165) is 5.56 Å². The number of nitrogens with zero attached hydrogens (tertiary/aromatic N) is 1. The van der Waals surface area contributed by atoms with Crippen molar-refractivity contribution in [1.82, 2.24) is 5.32 Å². The topological polar surface area (TPSA) is 119 Å². The first-order chi connectivity index (χ1) is 16.5. The lowest BCUT2D eigenvalue weighted by molar-refractivity contribution is 0.0800. The molecule has 5 rings (SSSR count). The summed E-state index contributed by atoms with van der Waals surface area (Å²) in [6.45, 7) is 0.423. The number of furan rings is 2. The number of carbonyl (C=O) groups is 4. The first-order valence-electron chi connectivity index (χ1n) is 11.0. The van der Waals surface area contributed by atoms with Gasteiger partial charge in [-0.05, 0) is 55.2 Å². The highest BCUT2D eigenvalue weighted by atomic mass is 16.6. The highest BCUT2D eigenvalue weighted by Crippen LogP contribution is 2.31. The molecule has 2 aliphatic rings. The molecule has 9 heteroatoms. The van der Waals surface area contributed by atoms with E-state index in [1.54, 1.807) is 24.3 Å². The average molecular weight is 462 g/mol. The van der Waals surface area contributed by atoms with Crippen molar-refractivity contribution < 1.29 is 32.7 Å². The van der Waals surface area contributed by atoms with Crippen LogP contribution in [-0.2, 0) is 11.2 Å². The Bertz CT molecular complexity index is 1230. The number of benzene rings is 1. The number of fused-ring (bicyclic) bond motifs is 1. The van der Waals surface area contributed by atoms with E-state index in [0.29, 0.717) is 41.6 Å². The van der Waals surface area contributed by atoms with E-state index >= 15 is 0 Å². The van der Waals surface area contributed by atoms with Crippen LogP contribution in [0.1, 0.15) is 49.5 Å². The quantitative estimate of drug-likeness (QED) is 0.337. The molecule has 2 amide bonds. The van der Waals surface area contributed by atoms with Crippen LogP contribution in [0.15, 0.2) is 64.2 Å². The molecule has 0 saturated carbocycles. The molecule has 1 saturated heterocycles. The summed E-state index contributed by atoms with van der Waals surface area (Å²) in [5, 5.41) is 2.72. The van der Waals surface area contributed by atoms with Crippen molar-refractivity contribution in [2.75, 3.05) is 18.0 Å². The number of cyclic esters (lactones) is 1. The minimum atomic E-state index is -0.746. The van der Waals surface area contributed by atoms with Crippen molar-refractivity contribution in [3.63, 3.8) is 0 Å². The lowest BCUT2D eigenvalue weighted by Gasteiger charge is -2.16. The number of ether oxygens (including phenoxy) is 1. The normalized spacial score (nSPS) is 19.9. The maximum atomic E-state index is 13.2. The van der Waals surface area contributed by atoms with Gasteiger partial charge >= 0.3 is 6.09 Å². The first kappa shape index (κ1) is 21.7. The second-order valence-corrected chi connectivity index (χ2v) is 8.37. The zero-order chi connectivity index (χ0) is 23.7. The molecule has 1 aromatic carbocycles. The second-order valence-electron chi connectivity index (χ2n) is 8.37. The molecule has 2 aromatic heterocycles. The van der Waals surface area contributed by atoms with Crippen LogP contribution in [0, 0.1) is 5.92 Å². The molecule has 2 atom stereocenters. The van der Waals surface area contributed by atoms with Crippen molar-refractivity contribution in [3.8, 4) is 0 Å². The van der Waals surface area contributed by atoms with Gasteiger partial charge in [-0.15, -0.1) is 0 Å². The minimum absolute atomic E-state index is 0.160. The molecule has 0 bridgehead atoms. The molecule has 34 heavy (non-hydrogen) atoms. The third-order valence-corrected chi connectivity index (χ3v) is 6.19. The highest BCUT2D eigenvalue weighted by molar-refractivity contribution is 6.16. The largest absolute Gasteiger partial charge is 0.472 e. The SMILES string of the molecule is O=C(NC[C@H]1CN(c2ccc3c(c2)CCCC(C(=O)c2ccoc2)C3=O)C(=O)O1)c1ccoc1. The zero-order valence-electron chi connectivity index (χ0n) is 18.2. The molecular formula is C25H22N2O7. The van der Waals surface area contributed by atoms with E-state index in [1.807, 2.05) is 6.07 Å². The molecular weight excluding hydrogens is 440 g/mol. The van der Waals surface area contributed by atoms with Crippen molar-refractivity contribution in [3.05, 3.63) is 77.6 Å². The van der Waals surface area contributed by atoms with Crippen molar-refractivity contribution in [2.45, 2.75) is 25.4 Å². The number of nitrogens with one attached hydrogen (secondary N) is 1. The van der Waals surface area contributed by atoms with Crippen LogP contribution in [0.2, 0.25) is 0 Å². The summed E-state index contributed by atoms with van der Waals surface area (Å²) in [5.74, 6) is -1.51. The Kier molecular flexibility index (Phi) is 5.75. The fraction of sp³-hybridized carbons (Fsp3) is 0.280. The molecule has 1 fully saturated rings. The molecule has 0 radical (unpaired) electrons. The van der Waals surface area contributed by atoms with Crippen LogP contribution in [-0.4, -0.2) is 42.8 Å². The van der Waals surface area contributed by atoms with Crippen LogP contribution >= 0.6 is 0 Å². The Hall–Kier alpha value is -4.14. The summed E-state index contributed by atoms with van der Waals surface area (Å²) in [6, 6.07) is 8.29. The summed E-state index contributed by atoms with van der Waals surface area (Å²) < 4.78 is 15.3. The second kappa shape index (κ2) is 9.01. The number of ketones is 2. The van der Waals surface area contributed by atoms with E-state index in [-0.39, 0.29) is 30.6 Å². The lowest BCUT2D eigenvalue weighted by atomic mass is 9.89. The van der Waals surface area contributed by atoms with Gasteiger partial charge in [-0.25, -0.2) is 4.79 Å². The van der Waals surface area contributed by atoms with Gasteiger partial charge in [0.15, 0.2) is 11.6 Å². The maximum Gasteiger partial charge on any atom is 0.414 e. The Labute approximate surface area is 194 Å². The van der Waals surface area contributed by atoms with Gasteiger partial charge in [0, 0.05) is 11.3 Å². The standard InChI is InChI=1S/C25H22N2O7/c28-22(16-6-8-32-13-16)21-3-1-2-15-10-18(4-5-20(15)23(21)29)27-12-19(34-25(27)31)11-26-24(30)17-7-9-33-14-17/h4-10,13-14,19,21H,1-3,11-12H2,(H,26,30)/t19-,21?/m0/s1. The van der Waals surface area contributed by atoms with Gasteiger partial charge in [0.1, 0.15) is 18.6 Å². The summed E-state index contributed by atoms with van der Waals surface area (Å²) in [5.41, 5.74) is 2.69. The summed E-state index contributed by atoms with van der Waals surface area (Å²) in [7, 11) is 0. The summed E-state index contributed by atoms with van der Waals surface area (Å²) in [6.07, 6.45) is 6.24. The van der Waals surface area contributed by atoms with E-state index in [4.69, 9.17) is 13.6 Å². The van der Waals surface area contributed by atoms with E-state index < -0.39 is 18.1 Å². The molecule has 0 spiro atoms. The number of rotatable bonds is 6. The third kappa shape index (κ3) is 4.12. The highest BCUT2D eigenvalue weighted by Gasteiger charge is 2.35. The average Bonchev–Trinajstić information content (AvgIpc) is 3.60. The number of carbonyl (C=O) groups excluding carboxylic acids is 4. The number of Topliss-reactive ketones (excluding diaryl/α,β-unsaturated/α-hetero) is 2. The first-order valence-corrected chi connectivity index (χ1v) is 11.0. The number of hydrogen-bond acceptors (Lipinski definition) is 7. The molecule has 1 N–H and O–H groups in total. The number of aryl methyl sites for hydroxylation is 1. The van der Waals surface area contributed by atoms with Gasteiger partial charge in [0.2, 0.25) is 0 Å². The zero-order valence-corrected chi connectivity index (χ0v) is 18.2. The van der Waals surface area contributed by atoms with Crippen molar-refractivity contribution >= 4 is 29.3 Å². The predicted molar refractivity (Wildman–Crippen MR) is 119 cm³/mol. The third-order valence-electron chi connectivity index (χ3n) is 6.19. The number of amides is 2. The summed E-state index contributed by atoms with van der Waals surface area (Å²) >= 11 is 0. The lowest BCUT2D eigenvalue weighted by Crippen LogP contribution is -2.34. The van der Waals surface area contributed by atoms with Crippen LogP contribution in [0.5, 0.6) is 0 Å². The molecule has 1 unspecified atom stereocenters. The molecule has 3 aromatic rings. The Morgan fingerprint density at radius 1 is 1.03 bits per heavy atom. The van der Waals surface area contributed by atoms with Crippen LogP contribution in [0.25, 0.3) is 0 Å². The maximum absolute atomic E-state index is 13.2. The van der Waals surface area contributed by atoms with E-state index in [1.165, 1.54) is 30.0 Å². The molecule has 1 aliphatic heterocycles. The summed E-state index contributed by atoms with van der Waals surface area (Å²) in [4.78, 5) is 52.0. The van der Waals surface area contributed by atoms with Gasteiger partial charge in [-0.2, -0.15) is 0 Å². The van der Waals surface area contributed by atoms with Gasteiger partial charge in [-0.3, -0.25) is 19.3 Å². The Balaban J connectivity index is 1.28. The fourth-order valence-electron chi connectivity index (χ4n) is 4.41.